The van der Waals surface area contributed by atoms with Crippen molar-refractivity contribution in [3.8, 4) is 0 Å². The Kier molecular flexibility index (Phi) is 7.92. The second-order valence-corrected chi connectivity index (χ2v) is 10.2. The minimum absolute atomic E-state index is 0. The highest BCUT2D eigenvalue weighted by molar-refractivity contribution is 8.00. The number of anilines is 1. The summed E-state index contributed by atoms with van der Waals surface area (Å²) in [6.07, 6.45) is 3.41. The van der Waals surface area contributed by atoms with Gasteiger partial charge in [0.1, 0.15) is 10.6 Å². The van der Waals surface area contributed by atoms with Crippen molar-refractivity contribution in [3.05, 3.63) is 65.5 Å². The summed E-state index contributed by atoms with van der Waals surface area (Å²) in [5.41, 5.74) is 2.67. The molecule has 1 saturated heterocycles. The number of rotatable bonds is 6. The van der Waals surface area contributed by atoms with Crippen LogP contribution in [0.3, 0.4) is 0 Å². The Hall–Kier alpha value is -1.89. The van der Waals surface area contributed by atoms with Gasteiger partial charge in [0, 0.05) is 30.1 Å². The number of para-hydroxylation sites is 1. The predicted octanol–water partition coefficient (Wildman–Crippen LogP) is 5.75. The zero-order valence-electron chi connectivity index (χ0n) is 19.6. The van der Waals surface area contributed by atoms with E-state index in [1.807, 2.05) is 23.3 Å². The fourth-order valence-electron chi connectivity index (χ4n) is 5.31. The number of nitrogens with zero attached hydrogens (tertiary/aromatic N) is 2. The molecule has 178 valence electrons. The highest BCUT2D eigenvalue weighted by Crippen LogP contribution is 2.53. The Labute approximate surface area is 206 Å². The molecule has 2 aromatic rings. The number of piperidine rings is 1. The predicted molar refractivity (Wildman–Crippen MR) is 136 cm³/mol. The molecule has 0 N–H and O–H groups in total. The van der Waals surface area contributed by atoms with Gasteiger partial charge in [0.05, 0.1) is 11.9 Å². The van der Waals surface area contributed by atoms with Crippen molar-refractivity contribution in [3.63, 3.8) is 0 Å². The van der Waals surface area contributed by atoms with Gasteiger partial charge < -0.3 is 0 Å². The fraction of sp³-hybridized carbons (Fsp3) is 0.462. The maximum absolute atomic E-state index is 13.8. The van der Waals surface area contributed by atoms with Crippen LogP contribution in [0, 0.1) is 17.7 Å². The van der Waals surface area contributed by atoms with E-state index >= 15 is 0 Å². The van der Waals surface area contributed by atoms with Gasteiger partial charge >= 0.3 is 0 Å². The minimum Gasteiger partial charge on any atom is -0.295 e. The van der Waals surface area contributed by atoms with Crippen molar-refractivity contribution >= 4 is 41.5 Å². The van der Waals surface area contributed by atoms with Gasteiger partial charge in [-0.15, -0.1) is 24.2 Å². The first kappa shape index (κ1) is 25.7. The summed E-state index contributed by atoms with van der Waals surface area (Å²) >= 11 is 1.63. The molecule has 2 heterocycles. The molecule has 7 heteroatoms. The van der Waals surface area contributed by atoms with Crippen molar-refractivity contribution in [2.24, 2.45) is 11.8 Å². The van der Waals surface area contributed by atoms with E-state index in [9.17, 15) is 14.0 Å². The third kappa shape index (κ3) is 4.33. The van der Waals surface area contributed by atoms with E-state index < -0.39 is 4.75 Å². The van der Waals surface area contributed by atoms with E-state index in [0.29, 0.717) is 5.56 Å². The molecule has 2 aliphatic heterocycles. The van der Waals surface area contributed by atoms with Gasteiger partial charge in [-0.1, -0.05) is 32.0 Å². The molecule has 0 radical (unpaired) electrons. The first-order chi connectivity index (χ1) is 15.3. The summed E-state index contributed by atoms with van der Waals surface area (Å²) in [6, 6.07) is 14.0. The van der Waals surface area contributed by atoms with E-state index in [1.165, 1.54) is 12.1 Å². The normalized spacial score (nSPS) is 22.2. The number of carbonyl (C=O) groups excluding carboxylic acids is 2. The number of Topliss-reactive ketones (excluding diaryl/α,β-unsaturated/α-hetero) is 1. The maximum atomic E-state index is 13.8. The van der Waals surface area contributed by atoms with Crippen LogP contribution in [0.1, 0.15) is 49.5 Å². The van der Waals surface area contributed by atoms with Gasteiger partial charge in [-0.2, -0.15) is 0 Å². The first-order valence-electron chi connectivity index (χ1n) is 11.3. The zero-order valence-corrected chi connectivity index (χ0v) is 21.2. The van der Waals surface area contributed by atoms with Crippen LogP contribution in [-0.2, 0) is 9.54 Å². The fourth-order valence-corrected chi connectivity index (χ4v) is 6.45. The maximum Gasteiger partial charge on any atom is 0.249 e. The van der Waals surface area contributed by atoms with Crippen LogP contribution in [0.4, 0.5) is 10.1 Å². The highest BCUT2D eigenvalue weighted by atomic mass is 35.5. The molecule has 2 aromatic carbocycles. The van der Waals surface area contributed by atoms with Gasteiger partial charge in [0.25, 0.3) is 0 Å². The number of likely N-dealkylation sites (tertiary alicyclic amines) is 1. The van der Waals surface area contributed by atoms with Crippen molar-refractivity contribution < 1.29 is 14.0 Å². The topological polar surface area (TPSA) is 40.6 Å². The number of hydrogen-bond acceptors (Lipinski definition) is 4. The van der Waals surface area contributed by atoms with Gasteiger partial charge in [-0.3, -0.25) is 19.4 Å². The Bertz CT molecular complexity index is 1010. The SMILES string of the molecule is CSC1(C(C)C)C(=O)N(C(C)N2CCC(C(=O)c3ccc(F)cc3)CC2)c2ccccc21.Cl. The average Bonchev–Trinajstić information content (AvgIpc) is 3.07. The summed E-state index contributed by atoms with van der Waals surface area (Å²) in [6.45, 7) is 7.82. The van der Waals surface area contributed by atoms with Crippen LogP contribution >= 0.6 is 24.2 Å². The number of ketones is 1. The van der Waals surface area contributed by atoms with E-state index in [0.717, 1.165) is 37.2 Å². The van der Waals surface area contributed by atoms with E-state index in [4.69, 9.17) is 0 Å². The van der Waals surface area contributed by atoms with Crippen LogP contribution in [0.2, 0.25) is 0 Å². The van der Waals surface area contributed by atoms with Gasteiger partial charge in [-0.25, -0.2) is 4.39 Å². The Morgan fingerprint density at radius 3 is 2.24 bits per heavy atom. The molecule has 1 amide bonds. The quantitative estimate of drug-likeness (QED) is 0.483. The molecule has 0 saturated carbocycles. The molecule has 2 aliphatic rings. The first-order valence-corrected chi connectivity index (χ1v) is 12.6. The van der Waals surface area contributed by atoms with Crippen molar-refractivity contribution in [1.29, 1.82) is 0 Å². The molecule has 1 fully saturated rings. The van der Waals surface area contributed by atoms with E-state index in [-0.39, 0.29) is 47.9 Å². The molecular weight excluding hydrogens is 459 g/mol. The summed E-state index contributed by atoms with van der Waals surface area (Å²) in [7, 11) is 0. The van der Waals surface area contributed by atoms with Gasteiger partial charge in [-0.05, 0) is 62.3 Å². The van der Waals surface area contributed by atoms with Crippen LogP contribution < -0.4 is 4.90 Å². The number of benzene rings is 2. The second kappa shape index (κ2) is 10.2. The minimum atomic E-state index is -0.568. The van der Waals surface area contributed by atoms with Crippen LogP contribution in [0.15, 0.2) is 48.5 Å². The number of halogens is 2. The van der Waals surface area contributed by atoms with Gasteiger partial charge in [0.2, 0.25) is 5.91 Å². The van der Waals surface area contributed by atoms with Gasteiger partial charge in [0.15, 0.2) is 5.78 Å². The van der Waals surface area contributed by atoms with Crippen LogP contribution in [0.25, 0.3) is 0 Å². The highest BCUT2D eigenvalue weighted by Gasteiger charge is 2.54. The summed E-state index contributed by atoms with van der Waals surface area (Å²) in [4.78, 5) is 30.9. The van der Waals surface area contributed by atoms with Crippen molar-refractivity contribution in [1.82, 2.24) is 4.90 Å². The zero-order chi connectivity index (χ0) is 23.0. The Morgan fingerprint density at radius 1 is 1.06 bits per heavy atom. The lowest BCUT2D eigenvalue weighted by Crippen LogP contribution is -2.54. The van der Waals surface area contributed by atoms with Crippen molar-refractivity contribution in [2.75, 3.05) is 24.2 Å². The van der Waals surface area contributed by atoms with Crippen LogP contribution in [0.5, 0.6) is 0 Å². The third-order valence-electron chi connectivity index (χ3n) is 7.17. The molecule has 33 heavy (non-hydrogen) atoms. The van der Waals surface area contributed by atoms with E-state index in [2.05, 4.69) is 37.8 Å². The monoisotopic (exact) mass is 490 g/mol. The average molecular weight is 491 g/mol. The molecule has 0 bridgehead atoms. The molecule has 0 spiro atoms. The Balaban J connectivity index is 0.00000306. The summed E-state index contributed by atoms with van der Waals surface area (Å²) in [5, 5.41) is 0. The molecule has 0 aliphatic carbocycles. The standard InChI is InChI=1S/C26H31FN2O2S.ClH/c1-17(2)26(32-4)22-7-5-6-8-23(22)29(25(26)31)18(3)28-15-13-20(14-16-28)24(30)19-9-11-21(27)12-10-19;/h5-12,17-18,20H,13-16H2,1-4H3;1H. The molecule has 4 rings (SSSR count). The summed E-state index contributed by atoms with van der Waals surface area (Å²) < 4.78 is 12.6. The molecule has 2 unspecified atom stereocenters. The molecule has 0 aromatic heterocycles. The number of amides is 1. The van der Waals surface area contributed by atoms with Crippen LogP contribution in [-0.4, -0.2) is 42.1 Å². The summed E-state index contributed by atoms with van der Waals surface area (Å²) in [5.74, 6) is 0.0108. The number of hydrogen-bond donors (Lipinski definition) is 0. The number of thioether (sulfide) groups is 1. The lowest BCUT2D eigenvalue weighted by molar-refractivity contribution is -0.122. The molecule has 2 atom stereocenters. The largest absolute Gasteiger partial charge is 0.295 e. The second-order valence-electron chi connectivity index (χ2n) is 9.10. The number of carbonyl (C=O) groups is 2. The molecular formula is C26H32ClFN2O2S. The Morgan fingerprint density at radius 2 is 1.67 bits per heavy atom. The van der Waals surface area contributed by atoms with Crippen molar-refractivity contribution in [2.45, 2.75) is 44.5 Å². The smallest absolute Gasteiger partial charge is 0.249 e. The van der Waals surface area contributed by atoms with E-state index in [1.54, 1.807) is 23.9 Å². The third-order valence-corrected chi connectivity index (χ3v) is 8.68. The lowest BCUT2D eigenvalue weighted by atomic mass is 9.88. The lowest BCUT2D eigenvalue weighted by Gasteiger charge is -2.40. The molecule has 4 nitrogen and oxygen atoms in total. The number of fused-ring (bicyclic) bond motifs is 1.